The second kappa shape index (κ2) is 8.12. The first kappa shape index (κ1) is 17.6. The fourth-order valence-electron chi connectivity index (χ4n) is 1.88. The minimum absolute atomic E-state index is 0.0594. The third kappa shape index (κ3) is 4.84. The molecule has 0 amide bonds. The van der Waals surface area contributed by atoms with Gasteiger partial charge in [0.05, 0.1) is 6.61 Å². The van der Waals surface area contributed by atoms with Gasteiger partial charge in [-0.25, -0.2) is 0 Å². The Bertz CT molecular complexity index is 562. The lowest BCUT2D eigenvalue weighted by Gasteiger charge is -2.25. The summed E-state index contributed by atoms with van der Waals surface area (Å²) < 4.78 is 6.18. The van der Waals surface area contributed by atoms with Gasteiger partial charge in [0.1, 0.15) is 18.2 Å². The van der Waals surface area contributed by atoms with Crippen molar-refractivity contribution in [3.05, 3.63) is 11.8 Å². The molecular weight excluding hydrogens is 284 g/mol. The number of esters is 1. The van der Waals surface area contributed by atoms with Crippen LogP contribution in [0.3, 0.4) is 0 Å². The number of nitrogens with zero attached hydrogens (tertiary/aromatic N) is 6. The number of aromatic nitrogens is 2. The van der Waals surface area contributed by atoms with E-state index in [0.717, 1.165) is 0 Å². The molecule has 8 nitrogen and oxygen atoms in total. The standard InChI is InChI=1S/C14H22N6O2/c1-6-22-13(21)9-19-8-12(7-15)14(17-19)16-18-20(10(2)3)11(4)5/h8,10-11H,6,9H2,1-5H3. The van der Waals surface area contributed by atoms with Crippen molar-refractivity contribution in [3.63, 3.8) is 0 Å². The summed E-state index contributed by atoms with van der Waals surface area (Å²) in [6.07, 6.45) is 1.46. The molecule has 8 heteroatoms. The predicted octanol–water partition coefficient (Wildman–Crippen LogP) is 2.44. The van der Waals surface area contributed by atoms with Gasteiger partial charge in [-0.3, -0.25) is 14.5 Å². The van der Waals surface area contributed by atoms with E-state index in [-0.39, 0.29) is 30.0 Å². The summed E-state index contributed by atoms with van der Waals surface area (Å²) in [5, 5.41) is 23.2. The molecule has 0 saturated carbocycles. The summed E-state index contributed by atoms with van der Waals surface area (Å²) in [4.78, 5) is 11.4. The molecule has 1 aromatic rings. The number of carbonyl (C=O) groups is 1. The molecule has 0 atom stereocenters. The van der Waals surface area contributed by atoms with Crippen molar-refractivity contribution in [3.8, 4) is 6.07 Å². The van der Waals surface area contributed by atoms with Gasteiger partial charge in [0, 0.05) is 18.3 Å². The van der Waals surface area contributed by atoms with Gasteiger partial charge >= 0.3 is 5.97 Å². The van der Waals surface area contributed by atoms with Crippen LogP contribution >= 0.6 is 0 Å². The summed E-state index contributed by atoms with van der Waals surface area (Å²) in [6.45, 7) is 9.99. The fraction of sp³-hybridized carbons (Fsp3) is 0.643. The Morgan fingerprint density at radius 1 is 1.45 bits per heavy atom. The Labute approximate surface area is 130 Å². The summed E-state index contributed by atoms with van der Waals surface area (Å²) in [7, 11) is 0. The zero-order valence-corrected chi connectivity index (χ0v) is 13.6. The first-order valence-electron chi connectivity index (χ1n) is 7.22. The third-order valence-corrected chi connectivity index (χ3v) is 2.76. The predicted molar refractivity (Wildman–Crippen MR) is 80.2 cm³/mol. The van der Waals surface area contributed by atoms with Crippen molar-refractivity contribution in [1.29, 1.82) is 5.26 Å². The number of carbonyl (C=O) groups excluding carboxylic acids is 1. The number of nitriles is 1. The summed E-state index contributed by atoms with van der Waals surface area (Å²) in [5.41, 5.74) is 0.264. The topological polar surface area (TPSA) is 95.9 Å². The largest absolute Gasteiger partial charge is 0.465 e. The van der Waals surface area contributed by atoms with Crippen molar-refractivity contribution < 1.29 is 9.53 Å². The van der Waals surface area contributed by atoms with Crippen LogP contribution in [0.15, 0.2) is 16.5 Å². The van der Waals surface area contributed by atoms with E-state index in [2.05, 4.69) is 15.4 Å². The highest BCUT2D eigenvalue weighted by atomic mass is 16.5. The van der Waals surface area contributed by atoms with Gasteiger partial charge in [0.15, 0.2) is 0 Å². The number of ether oxygens (including phenoxy) is 1. The van der Waals surface area contributed by atoms with Crippen molar-refractivity contribution in [2.45, 2.75) is 53.2 Å². The molecule has 22 heavy (non-hydrogen) atoms. The van der Waals surface area contributed by atoms with Crippen LogP contribution in [-0.2, 0) is 16.1 Å². The Hall–Kier alpha value is -2.43. The molecule has 0 N–H and O–H groups in total. The molecule has 0 spiro atoms. The number of rotatable bonds is 7. The van der Waals surface area contributed by atoms with E-state index < -0.39 is 5.97 Å². The van der Waals surface area contributed by atoms with Crippen LogP contribution in [0.4, 0.5) is 5.82 Å². The Morgan fingerprint density at radius 2 is 2.09 bits per heavy atom. The van der Waals surface area contributed by atoms with E-state index in [1.165, 1.54) is 10.9 Å². The maximum absolute atomic E-state index is 11.4. The molecular formula is C14H22N6O2. The van der Waals surface area contributed by atoms with E-state index in [4.69, 9.17) is 10.00 Å². The molecule has 0 bridgehead atoms. The summed E-state index contributed by atoms with van der Waals surface area (Å²) >= 11 is 0. The van der Waals surface area contributed by atoms with Crippen molar-refractivity contribution in [2.24, 2.45) is 10.3 Å². The van der Waals surface area contributed by atoms with Crippen LogP contribution in [0.1, 0.15) is 40.2 Å². The van der Waals surface area contributed by atoms with Crippen LogP contribution in [0.5, 0.6) is 0 Å². The molecule has 0 aromatic carbocycles. The molecule has 0 unspecified atom stereocenters. The number of hydrogen-bond acceptors (Lipinski definition) is 6. The average molecular weight is 306 g/mol. The van der Waals surface area contributed by atoms with Gasteiger partial charge in [0.2, 0.25) is 5.82 Å². The monoisotopic (exact) mass is 306 g/mol. The van der Waals surface area contributed by atoms with Crippen LogP contribution in [-0.4, -0.2) is 39.4 Å². The molecule has 0 aliphatic heterocycles. The highest BCUT2D eigenvalue weighted by molar-refractivity contribution is 5.69. The number of hydrogen-bond donors (Lipinski definition) is 0. The maximum Gasteiger partial charge on any atom is 0.327 e. The molecule has 120 valence electrons. The maximum atomic E-state index is 11.4. The quantitative estimate of drug-likeness (QED) is 0.438. The van der Waals surface area contributed by atoms with Gasteiger partial charge < -0.3 is 4.74 Å². The van der Waals surface area contributed by atoms with Crippen LogP contribution in [0.2, 0.25) is 0 Å². The van der Waals surface area contributed by atoms with Gasteiger partial charge in [-0.2, -0.15) is 5.26 Å². The first-order chi connectivity index (χ1) is 10.4. The Kier molecular flexibility index (Phi) is 6.50. The highest BCUT2D eigenvalue weighted by Gasteiger charge is 2.14. The summed E-state index contributed by atoms with van der Waals surface area (Å²) in [5.74, 6) is -0.220. The van der Waals surface area contributed by atoms with Crippen LogP contribution < -0.4 is 0 Å². The normalized spacial score (nSPS) is 11.2. The zero-order chi connectivity index (χ0) is 16.7. The highest BCUT2D eigenvalue weighted by Crippen LogP contribution is 2.18. The first-order valence-corrected chi connectivity index (χ1v) is 7.22. The van der Waals surface area contributed by atoms with Gasteiger partial charge in [0.25, 0.3) is 0 Å². The van der Waals surface area contributed by atoms with E-state index in [1.54, 1.807) is 6.92 Å². The lowest BCUT2D eigenvalue weighted by atomic mass is 10.3. The van der Waals surface area contributed by atoms with Crippen molar-refractivity contribution in [1.82, 2.24) is 14.8 Å². The molecule has 1 rings (SSSR count). The molecule has 1 aromatic heterocycles. The average Bonchev–Trinajstić information content (AvgIpc) is 2.80. The second-order valence-corrected chi connectivity index (χ2v) is 5.24. The smallest absolute Gasteiger partial charge is 0.327 e. The Balaban J connectivity index is 2.93. The fourth-order valence-corrected chi connectivity index (χ4v) is 1.88. The van der Waals surface area contributed by atoms with E-state index >= 15 is 0 Å². The lowest BCUT2D eigenvalue weighted by Crippen LogP contribution is -2.31. The second-order valence-electron chi connectivity index (χ2n) is 5.24. The van der Waals surface area contributed by atoms with E-state index in [9.17, 15) is 4.79 Å². The lowest BCUT2D eigenvalue weighted by molar-refractivity contribution is -0.144. The van der Waals surface area contributed by atoms with Crippen LogP contribution in [0.25, 0.3) is 0 Å². The third-order valence-electron chi connectivity index (χ3n) is 2.76. The van der Waals surface area contributed by atoms with E-state index in [0.29, 0.717) is 6.61 Å². The van der Waals surface area contributed by atoms with Crippen LogP contribution in [0, 0.1) is 11.3 Å². The molecule has 0 fully saturated rings. The molecule has 0 aliphatic carbocycles. The molecule has 0 aliphatic rings. The van der Waals surface area contributed by atoms with Gasteiger partial charge in [-0.05, 0) is 34.6 Å². The van der Waals surface area contributed by atoms with Crippen molar-refractivity contribution in [2.75, 3.05) is 6.61 Å². The minimum Gasteiger partial charge on any atom is -0.465 e. The van der Waals surface area contributed by atoms with E-state index in [1.807, 2.05) is 38.8 Å². The summed E-state index contributed by atoms with van der Waals surface area (Å²) in [6, 6.07) is 2.35. The Morgan fingerprint density at radius 3 is 2.59 bits per heavy atom. The van der Waals surface area contributed by atoms with Gasteiger partial charge in [-0.15, -0.1) is 10.2 Å². The molecule has 0 saturated heterocycles. The SMILES string of the molecule is CCOC(=O)Cn1cc(C#N)c(N=NN(C(C)C)C(C)C)n1. The molecule has 1 heterocycles. The van der Waals surface area contributed by atoms with Crippen molar-refractivity contribution >= 4 is 11.8 Å². The minimum atomic E-state index is -0.413. The van der Waals surface area contributed by atoms with Gasteiger partial charge in [-0.1, -0.05) is 5.22 Å². The molecule has 0 radical (unpaired) electrons. The zero-order valence-electron chi connectivity index (χ0n) is 13.6.